The van der Waals surface area contributed by atoms with E-state index in [1.165, 1.54) is 0 Å². The minimum Gasteiger partial charge on any atom is -0.388 e. The third-order valence-electron chi connectivity index (χ3n) is 2.81. The number of hydrogen-bond donors (Lipinski definition) is 3. The molecule has 0 saturated heterocycles. The van der Waals surface area contributed by atoms with Crippen LogP contribution in [0.1, 0.15) is 32.1 Å². The molecule has 0 spiro atoms. The zero-order valence-corrected chi connectivity index (χ0v) is 9.44. The van der Waals surface area contributed by atoms with E-state index in [9.17, 15) is 23.1 Å². The molecule has 0 aromatic carbocycles. The van der Waals surface area contributed by atoms with Gasteiger partial charge in [-0.3, -0.25) is 0 Å². The van der Waals surface area contributed by atoms with Crippen LogP contribution in [0.5, 0.6) is 0 Å². The summed E-state index contributed by atoms with van der Waals surface area (Å²) in [6.07, 6.45) is -2.25. The molecular weight excluding hydrogens is 237 g/mol. The molecular formula is C10H17F3N2O2. The molecule has 0 unspecified atom stereocenters. The fourth-order valence-electron chi connectivity index (χ4n) is 1.83. The normalized spacial score (nSPS) is 19.1. The van der Waals surface area contributed by atoms with Gasteiger partial charge in [0.1, 0.15) is 0 Å². The molecule has 0 bridgehead atoms. The fraction of sp³-hybridized carbons (Fsp3) is 0.900. The van der Waals surface area contributed by atoms with Crippen molar-refractivity contribution in [2.75, 3.05) is 13.1 Å². The van der Waals surface area contributed by atoms with Gasteiger partial charge in [0.15, 0.2) is 0 Å². The Labute approximate surface area is 97.6 Å². The summed E-state index contributed by atoms with van der Waals surface area (Å²) in [5, 5.41) is 14.4. The predicted octanol–water partition coefficient (Wildman–Crippen LogP) is 1.54. The average molecular weight is 254 g/mol. The molecule has 0 aromatic heterocycles. The largest absolute Gasteiger partial charge is 0.390 e. The van der Waals surface area contributed by atoms with E-state index in [-0.39, 0.29) is 6.54 Å². The van der Waals surface area contributed by atoms with Crippen LogP contribution in [0.2, 0.25) is 0 Å². The summed E-state index contributed by atoms with van der Waals surface area (Å²) in [4.78, 5) is 11.1. The van der Waals surface area contributed by atoms with Gasteiger partial charge >= 0.3 is 12.2 Å². The summed E-state index contributed by atoms with van der Waals surface area (Å²) in [5.74, 6) is 0. The maximum Gasteiger partial charge on any atom is 0.390 e. The van der Waals surface area contributed by atoms with Gasteiger partial charge in [0.25, 0.3) is 0 Å². The molecule has 0 aromatic rings. The summed E-state index contributed by atoms with van der Waals surface area (Å²) >= 11 is 0. The highest BCUT2D eigenvalue weighted by atomic mass is 19.4. The molecule has 100 valence electrons. The second-order valence-corrected chi connectivity index (χ2v) is 4.41. The highest BCUT2D eigenvalue weighted by molar-refractivity contribution is 5.73. The maximum absolute atomic E-state index is 11.8. The van der Waals surface area contributed by atoms with Crippen LogP contribution < -0.4 is 10.6 Å². The van der Waals surface area contributed by atoms with Crippen LogP contribution in [0, 0.1) is 0 Å². The topological polar surface area (TPSA) is 61.4 Å². The molecule has 1 rings (SSSR count). The Morgan fingerprint density at radius 1 is 1.24 bits per heavy atom. The van der Waals surface area contributed by atoms with Crippen molar-refractivity contribution in [3.05, 3.63) is 0 Å². The van der Waals surface area contributed by atoms with Gasteiger partial charge in [-0.15, -0.1) is 0 Å². The molecule has 0 heterocycles. The number of urea groups is 1. The van der Waals surface area contributed by atoms with Crippen molar-refractivity contribution < 1.29 is 23.1 Å². The van der Waals surface area contributed by atoms with Crippen molar-refractivity contribution >= 4 is 6.03 Å². The molecule has 3 N–H and O–H groups in total. The summed E-state index contributed by atoms with van der Waals surface area (Å²) in [6.45, 7) is -0.362. The minimum absolute atomic E-state index is 0.0881. The van der Waals surface area contributed by atoms with Gasteiger partial charge in [-0.2, -0.15) is 13.2 Å². The summed E-state index contributed by atoms with van der Waals surface area (Å²) in [6, 6.07) is -0.672. The fourth-order valence-corrected chi connectivity index (χ4v) is 1.83. The lowest BCUT2D eigenvalue weighted by atomic mass is 10.0. The number of nitrogens with one attached hydrogen (secondary N) is 2. The second kappa shape index (κ2) is 5.57. The molecule has 1 saturated carbocycles. The molecule has 7 heteroatoms. The lowest BCUT2D eigenvalue weighted by Crippen LogP contribution is -2.45. The van der Waals surface area contributed by atoms with Crippen molar-refractivity contribution in [1.29, 1.82) is 0 Å². The quantitative estimate of drug-likeness (QED) is 0.712. The third kappa shape index (κ3) is 5.76. The van der Waals surface area contributed by atoms with E-state index in [0.717, 1.165) is 12.8 Å². The van der Waals surface area contributed by atoms with E-state index in [0.29, 0.717) is 12.8 Å². The number of hydrogen-bond acceptors (Lipinski definition) is 2. The van der Waals surface area contributed by atoms with Crippen LogP contribution in [0.25, 0.3) is 0 Å². The minimum atomic E-state index is -4.27. The number of amides is 2. The van der Waals surface area contributed by atoms with Gasteiger partial charge in [-0.25, -0.2) is 4.79 Å². The van der Waals surface area contributed by atoms with Crippen LogP contribution in [-0.4, -0.2) is 36.0 Å². The zero-order chi connectivity index (χ0) is 12.9. The van der Waals surface area contributed by atoms with Crippen molar-refractivity contribution in [3.8, 4) is 0 Å². The van der Waals surface area contributed by atoms with Crippen LogP contribution in [-0.2, 0) is 0 Å². The van der Waals surface area contributed by atoms with Gasteiger partial charge in [0.05, 0.1) is 12.0 Å². The van der Waals surface area contributed by atoms with Crippen LogP contribution in [0.4, 0.5) is 18.0 Å². The number of aliphatic hydroxyl groups is 1. The number of carbonyl (C=O) groups is 1. The van der Waals surface area contributed by atoms with Gasteiger partial charge in [-0.1, -0.05) is 12.8 Å². The zero-order valence-electron chi connectivity index (χ0n) is 9.44. The second-order valence-electron chi connectivity index (χ2n) is 4.41. The molecule has 2 amide bonds. The van der Waals surface area contributed by atoms with Crippen molar-refractivity contribution in [3.63, 3.8) is 0 Å². The lowest BCUT2D eigenvalue weighted by molar-refractivity contribution is -0.132. The Morgan fingerprint density at radius 3 is 2.35 bits per heavy atom. The highest BCUT2D eigenvalue weighted by Crippen LogP contribution is 2.28. The van der Waals surface area contributed by atoms with Crippen LogP contribution >= 0.6 is 0 Å². The molecule has 4 nitrogen and oxygen atoms in total. The number of rotatable bonds is 4. The van der Waals surface area contributed by atoms with E-state index in [1.54, 1.807) is 0 Å². The van der Waals surface area contributed by atoms with Crippen LogP contribution in [0.15, 0.2) is 0 Å². The first-order chi connectivity index (χ1) is 7.81. The monoisotopic (exact) mass is 254 g/mol. The average Bonchev–Trinajstić information content (AvgIpc) is 2.61. The molecule has 1 aliphatic rings. The Balaban J connectivity index is 2.13. The van der Waals surface area contributed by atoms with Crippen molar-refractivity contribution in [1.82, 2.24) is 10.6 Å². The summed E-state index contributed by atoms with van der Waals surface area (Å²) in [7, 11) is 0. The Hall–Kier alpha value is -0.980. The van der Waals surface area contributed by atoms with E-state index in [1.807, 2.05) is 0 Å². The Kier molecular flexibility index (Phi) is 4.62. The van der Waals surface area contributed by atoms with E-state index >= 15 is 0 Å². The number of halogens is 3. The number of carbonyl (C=O) groups excluding carboxylic acids is 1. The third-order valence-corrected chi connectivity index (χ3v) is 2.81. The molecule has 0 atom stereocenters. The van der Waals surface area contributed by atoms with Gasteiger partial charge in [0, 0.05) is 13.1 Å². The molecule has 1 fully saturated rings. The SMILES string of the molecule is O=C(NCCC(F)(F)F)NCC1(O)CCCC1. The molecule has 1 aliphatic carbocycles. The van der Waals surface area contributed by atoms with Gasteiger partial charge in [0.2, 0.25) is 0 Å². The predicted molar refractivity (Wildman–Crippen MR) is 55.5 cm³/mol. The first-order valence-electron chi connectivity index (χ1n) is 5.62. The number of alkyl halides is 3. The summed E-state index contributed by atoms with van der Waals surface area (Å²) in [5.41, 5.74) is -0.888. The molecule has 0 radical (unpaired) electrons. The van der Waals surface area contributed by atoms with E-state index in [2.05, 4.69) is 10.6 Å². The Bertz CT molecular complexity index is 263. The molecule has 0 aliphatic heterocycles. The smallest absolute Gasteiger partial charge is 0.388 e. The lowest BCUT2D eigenvalue weighted by Gasteiger charge is -2.22. The van der Waals surface area contributed by atoms with Crippen molar-refractivity contribution in [2.45, 2.75) is 43.9 Å². The standard InChI is InChI=1S/C10H17F3N2O2/c11-10(12,13)5-6-14-8(16)15-7-9(17)3-1-2-4-9/h17H,1-7H2,(H2,14,15,16). The maximum atomic E-state index is 11.8. The summed E-state index contributed by atoms with van der Waals surface area (Å²) < 4.78 is 35.4. The van der Waals surface area contributed by atoms with E-state index < -0.39 is 30.8 Å². The van der Waals surface area contributed by atoms with E-state index in [4.69, 9.17) is 0 Å². The first-order valence-corrected chi connectivity index (χ1v) is 5.62. The van der Waals surface area contributed by atoms with Gasteiger partial charge in [-0.05, 0) is 12.8 Å². The highest BCUT2D eigenvalue weighted by Gasteiger charge is 2.31. The Morgan fingerprint density at radius 2 is 1.82 bits per heavy atom. The molecule has 17 heavy (non-hydrogen) atoms. The first kappa shape index (κ1) is 14.1. The van der Waals surface area contributed by atoms with Crippen LogP contribution in [0.3, 0.4) is 0 Å². The van der Waals surface area contributed by atoms with Crippen molar-refractivity contribution in [2.24, 2.45) is 0 Å². The van der Waals surface area contributed by atoms with Gasteiger partial charge < -0.3 is 15.7 Å².